The molecular weight excluding hydrogens is 308 g/mol. The fourth-order valence-corrected chi connectivity index (χ4v) is 4.79. The molecule has 2 atom stereocenters. The monoisotopic (exact) mass is 330 g/mol. The van der Waals surface area contributed by atoms with E-state index in [0.29, 0.717) is 18.0 Å². The molecule has 2 aromatic carbocycles. The van der Waals surface area contributed by atoms with Gasteiger partial charge < -0.3 is 4.90 Å². The highest BCUT2D eigenvalue weighted by Crippen LogP contribution is 2.46. The second-order valence-corrected chi connectivity index (χ2v) is 7.51. The number of carbonyl (C=O) groups excluding carboxylic acids is 1. The molecule has 2 aromatic rings. The average molecular weight is 330 g/mol. The Balaban J connectivity index is 1.79. The molecule has 4 rings (SSSR count). The topological polar surface area (TPSA) is 44.1 Å². The van der Waals surface area contributed by atoms with Crippen LogP contribution in [-0.2, 0) is 16.6 Å². The van der Waals surface area contributed by atoms with Crippen LogP contribution in [0.15, 0.2) is 42.5 Å². The summed E-state index contributed by atoms with van der Waals surface area (Å²) < 4.78 is 0. The average Bonchev–Trinajstić information content (AvgIpc) is 2.64. The fraction of sp³-hybridized carbons (Fsp3) is 0.364. The van der Waals surface area contributed by atoms with Crippen molar-refractivity contribution in [3.05, 3.63) is 59.2 Å². The van der Waals surface area contributed by atoms with Gasteiger partial charge in [-0.1, -0.05) is 43.3 Å². The lowest BCUT2D eigenvalue weighted by Gasteiger charge is -2.50. The third-order valence-electron chi connectivity index (χ3n) is 6.22. The first kappa shape index (κ1) is 15.9. The summed E-state index contributed by atoms with van der Waals surface area (Å²) in [7, 11) is 1.95. The summed E-state index contributed by atoms with van der Waals surface area (Å²) in [6.07, 6.45) is 3.54. The SMILES string of the molecule is CN1C(=O)CC[C@]2(C)c3ccc(-c4ccccc4C#N)cc3CC[C@@H]12. The van der Waals surface area contributed by atoms with Gasteiger partial charge >= 0.3 is 0 Å². The number of aryl methyl sites for hydroxylation is 1. The van der Waals surface area contributed by atoms with Gasteiger partial charge in [-0.05, 0) is 47.6 Å². The van der Waals surface area contributed by atoms with E-state index in [-0.39, 0.29) is 11.3 Å². The highest BCUT2D eigenvalue weighted by Gasteiger charge is 2.46. The van der Waals surface area contributed by atoms with Crippen molar-refractivity contribution in [3.63, 3.8) is 0 Å². The van der Waals surface area contributed by atoms with E-state index >= 15 is 0 Å². The zero-order valence-electron chi connectivity index (χ0n) is 14.7. The summed E-state index contributed by atoms with van der Waals surface area (Å²) in [5.74, 6) is 0.269. The molecule has 2 aliphatic rings. The Morgan fingerprint density at radius 3 is 2.80 bits per heavy atom. The minimum absolute atomic E-state index is 0.0313. The van der Waals surface area contributed by atoms with Crippen LogP contribution in [0.3, 0.4) is 0 Å². The van der Waals surface area contributed by atoms with E-state index in [1.165, 1.54) is 11.1 Å². The van der Waals surface area contributed by atoms with Crippen molar-refractivity contribution in [3.8, 4) is 17.2 Å². The molecule has 0 unspecified atom stereocenters. The van der Waals surface area contributed by atoms with E-state index in [1.807, 2.05) is 36.2 Å². The minimum Gasteiger partial charge on any atom is -0.342 e. The quantitative estimate of drug-likeness (QED) is 0.792. The van der Waals surface area contributed by atoms with E-state index in [2.05, 4.69) is 31.2 Å². The van der Waals surface area contributed by atoms with E-state index < -0.39 is 0 Å². The molecule has 1 heterocycles. The minimum atomic E-state index is 0.0313. The van der Waals surface area contributed by atoms with Crippen LogP contribution in [0.2, 0.25) is 0 Å². The van der Waals surface area contributed by atoms with Gasteiger partial charge in [-0.25, -0.2) is 0 Å². The second-order valence-electron chi connectivity index (χ2n) is 7.51. The molecular formula is C22H22N2O. The van der Waals surface area contributed by atoms with Gasteiger partial charge in [-0.3, -0.25) is 4.79 Å². The van der Waals surface area contributed by atoms with E-state index in [1.54, 1.807) is 0 Å². The number of benzene rings is 2. The molecule has 3 nitrogen and oxygen atoms in total. The number of rotatable bonds is 1. The van der Waals surface area contributed by atoms with E-state index in [4.69, 9.17) is 0 Å². The zero-order chi connectivity index (χ0) is 17.6. The van der Waals surface area contributed by atoms with Gasteiger partial charge in [0.2, 0.25) is 5.91 Å². The van der Waals surface area contributed by atoms with E-state index in [0.717, 1.165) is 30.4 Å². The summed E-state index contributed by atoms with van der Waals surface area (Å²) >= 11 is 0. The molecule has 1 aliphatic heterocycles. The third kappa shape index (κ3) is 2.36. The molecule has 0 aromatic heterocycles. The number of hydrogen-bond acceptors (Lipinski definition) is 2. The van der Waals surface area contributed by atoms with Crippen molar-refractivity contribution in [2.75, 3.05) is 7.05 Å². The van der Waals surface area contributed by atoms with Crippen molar-refractivity contribution < 1.29 is 4.79 Å². The maximum absolute atomic E-state index is 12.1. The lowest BCUT2D eigenvalue weighted by Crippen LogP contribution is -2.56. The van der Waals surface area contributed by atoms with Crippen molar-refractivity contribution >= 4 is 5.91 Å². The summed E-state index contributed by atoms with van der Waals surface area (Å²) in [4.78, 5) is 14.1. The number of nitriles is 1. The van der Waals surface area contributed by atoms with Crippen LogP contribution in [0.25, 0.3) is 11.1 Å². The highest BCUT2D eigenvalue weighted by atomic mass is 16.2. The Hall–Kier alpha value is -2.60. The Morgan fingerprint density at radius 1 is 1.20 bits per heavy atom. The molecule has 1 saturated heterocycles. The third-order valence-corrected chi connectivity index (χ3v) is 6.22. The number of likely N-dealkylation sites (tertiary alicyclic amines) is 1. The van der Waals surface area contributed by atoms with Crippen LogP contribution in [0.5, 0.6) is 0 Å². The van der Waals surface area contributed by atoms with Crippen LogP contribution in [0.1, 0.15) is 42.9 Å². The standard InChI is InChI=1S/C22H22N2O/c1-22-12-11-21(25)24(2)20(22)10-8-16-13-15(7-9-19(16)22)18-6-4-3-5-17(18)14-23/h3-7,9,13,20H,8,10-12H2,1-2H3/t20-,22-/m1/s1. The van der Waals surface area contributed by atoms with Gasteiger partial charge in [0.25, 0.3) is 0 Å². The van der Waals surface area contributed by atoms with Crippen LogP contribution >= 0.6 is 0 Å². The molecule has 0 saturated carbocycles. The largest absolute Gasteiger partial charge is 0.342 e. The first-order valence-corrected chi connectivity index (χ1v) is 8.93. The van der Waals surface area contributed by atoms with Crippen LogP contribution in [-0.4, -0.2) is 23.9 Å². The van der Waals surface area contributed by atoms with Crippen molar-refractivity contribution in [2.24, 2.45) is 0 Å². The van der Waals surface area contributed by atoms with Crippen LogP contribution < -0.4 is 0 Å². The highest BCUT2D eigenvalue weighted by molar-refractivity contribution is 5.78. The van der Waals surface area contributed by atoms with Crippen LogP contribution in [0, 0.1) is 11.3 Å². The number of nitrogens with zero attached hydrogens (tertiary/aromatic N) is 2. The second kappa shape index (κ2) is 5.74. The first-order valence-electron chi connectivity index (χ1n) is 8.93. The Morgan fingerprint density at radius 2 is 2.00 bits per heavy atom. The number of hydrogen-bond donors (Lipinski definition) is 0. The molecule has 25 heavy (non-hydrogen) atoms. The number of likely N-dealkylation sites (N-methyl/N-ethyl adjacent to an activating group) is 1. The van der Waals surface area contributed by atoms with Gasteiger partial charge in [-0.2, -0.15) is 5.26 Å². The molecule has 0 bridgehead atoms. The predicted molar refractivity (Wildman–Crippen MR) is 98.1 cm³/mol. The molecule has 1 amide bonds. The summed E-state index contributed by atoms with van der Waals surface area (Å²) in [5.41, 5.74) is 5.59. The number of fused-ring (bicyclic) bond motifs is 3. The Labute approximate surface area is 148 Å². The van der Waals surface area contributed by atoms with Gasteiger partial charge in [-0.15, -0.1) is 0 Å². The Bertz CT molecular complexity index is 895. The van der Waals surface area contributed by atoms with E-state index in [9.17, 15) is 10.1 Å². The number of carbonyl (C=O) groups is 1. The fourth-order valence-electron chi connectivity index (χ4n) is 4.79. The lowest BCUT2D eigenvalue weighted by atomic mass is 9.63. The Kier molecular flexibility index (Phi) is 3.65. The number of amides is 1. The molecule has 1 fully saturated rings. The number of piperidine rings is 1. The zero-order valence-corrected chi connectivity index (χ0v) is 14.7. The molecule has 3 heteroatoms. The molecule has 1 aliphatic carbocycles. The normalized spacial score (nSPS) is 25.1. The molecule has 126 valence electrons. The molecule has 0 radical (unpaired) electrons. The summed E-state index contributed by atoms with van der Waals surface area (Å²) in [6, 6.07) is 17.0. The van der Waals surface area contributed by atoms with Crippen molar-refractivity contribution in [2.45, 2.75) is 44.1 Å². The maximum Gasteiger partial charge on any atom is 0.222 e. The van der Waals surface area contributed by atoms with Crippen molar-refractivity contribution in [1.29, 1.82) is 5.26 Å². The summed E-state index contributed by atoms with van der Waals surface area (Å²) in [6.45, 7) is 2.31. The maximum atomic E-state index is 12.1. The smallest absolute Gasteiger partial charge is 0.222 e. The lowest BCUT2D eigenvalue weighted by molar-refractivity contribution is -0.138. The summed E-state index contributed by atoms with van der Waals surface area (Å²) in [5, 5.41) is 9.38. The van der Waals surface area contributed by atoms with Gasteiger partial charge in [0.05, 0.1) is 11.6 Å². The predicted octanol–water partition coefficient (Wildman–Crippen LogP) is 4.05. The first-order chi connectivity index (χ1) is 12.0. The van der Waals surface area contributed by atoms with Gasteiger partial charge in [0, 0.05) is 24.9 Å². The van der Waals surface area contributed by atoms with Gasteiger partial charge in [0.15, 0.2) is 0 Å². The van der Waals surface area contributed by atoms with Crippen molar-refractivity contribution in [1.82, 2.24) is 4.90 Å². The van der Waals surface area contributed by atoms with Crippen LogP contribution in [0.4, 0.5) is 0 Å². The van der Waals surface area contributed by atoms with Gasteiger partial charge in [0.1, 0.15) is 0 Å². The molecule has 0 N–H and O–H groups in total. The molecule has 0 spiro atoms.